The Kier molecular flexibility index (Phi) is 1350. The van der Waals surface area contributed by atoms with Gasteiger partial charge in [-0.1, -0.05) is 0 Å². The van der Waals surface area contributed by atoms with Crippen LogP contribution in [0.2, 0.25) is 0 Å². The molecule has 0 aliphatic heterocycles. The molecule has 6 heteroatoms. The molecule has 0 unspecified atom stereocenters. The van der Waals surface area contributed by atoms with Crippen LogP contribution in [0, 0.1) is 0 Å². The summed E-state index contributed by atoms with van der Waals surface area (Å²) in [6.07, 6.45) is 0. The largest absolute Gasteiger partial charge is 4.00 e. The summed E-state index contributed by atoms with van der Waals surface area (Å²) in [4.78, 5) is 0. The Bertz CT molecular complexity index is 7.51. The first kappa shape index (κ1) is 60.4. The molecule has 6 heavy (non-hydrogen) atoms. The Hall–Kier alpha value is 1.08. The van der Waals surface area contributed by atoms with E-state index in [1.165, 1.54) is 0 Å². The van der Waals surface area contributed by atoms with Crippen LogP contribution in [-0.4, -0.2) is 0 Å². The Balaban J connectivity index is -0.000000000833. The van der Waals surface area contributed by atoms with Gasteiger partial charge in [0.15, 0.2) is 0 Å². The second kappa shape index (κ2) is 134. The number of hydrogen-bond acceptors (Lipinski definition) is 1. The van der Waals surface area contributed by atoms with Crippen LogP contribution >= 0.6 is 0 Å². The molecule has 0 fully saturated rings. The van der Waals surface area contributed by atoms with Gasteiger partial charge in [-0.05, 0) is 0 Å². The van der Waals surface area contributed by atoms with Crippen LogP contribution in [0.4, 0.5) is 0 Å². The maximum Gasteiger partial charge on any atom is 4.00 e. The Labute approximate surface area is 61.3 Å². The molecule has 0 radical (unpaired) electrons. The third-order valence-electron chi connectivity index (χ3n) is 0. The van der Waals surface area contributed by atoms with Gasteiger partial charge in [-0.25, -0.2) is 0 Å². The molecule has 0 heterocycles. The van der Waals surface area contributed by atoms with E-state index in [-0.39, 0.29) is 38.1 Å². The fraction of sp³-hybridized carbons (Fsp3) is 0. The van der Waals surface area contributed by atoms with Crippen LogP contribution in [-0.2, 0) is 61.3 Å². The first-order valence-electron chi connectivity index (χ1n) is 0.167. The Morgan fingerprint density at radius 2 is 0.833 bits per heavy atom. The molecule has 0 atom stereocenters. The van der Waals surface area contributed by atoms with Crippen molar-refractivity contribution >= 4 is 0 Å². The van der Waals surface area contributed by atoms with Gasteiger partial charge in [-0.15, -0.1) is 0 Å². The average Bonchev–Trinajstić information content (AvgIpc) is 1.00. The monoisotopic (exact) mass is 296 g/mol. The van der Waals surface area contributed by atoms with Crippen LogP contribution < -0.4 is 0 Å². The van der Waals surface area contributed by atoms with Crippen LogP contribution in [0.3, 0.4) is 0 Å². The van der Waals surface area contributed by atoms with Crippen molar-refractivity contribution in [1.82, 2.24) is 0 Å². The van der Waals surface area contributed by atoms with Crippen molar-refractivity contribution in [3.05, 3.63) is 0 Å². The average molecular weight is 296 g/mol. The van der Waals surface area contributed by atoms with Crippen LogP contribution in [0.1, 0.15) is 0 Å². The first-order chi connectivity index (χ1) is 1.00. The standard InChI is InChI=1S/4O.Ti.W/q;3*-2;+4;+2. The van der Waals surface area contributed by atoms with Crippen molar-refractivity contribution in [3.63, 3.8) is 0 Å². The van der Waals surface area contributed by atoms with Gasteiger partial charge in [0.05, 0.1) is 0 Å². The third-order valence-corrected chi connectivity index (χ3v) is 0. The normalized spacial score (nSPS) is 0.500. The molecule has 0 aliphatic rings. The van der Waals surface area contributed by atoms with Gasteiger partial charge >= 0.3 is 44.9 Å². The molecule has 0 aliphatic carbocycles. The molecule has 0 aromatic heterocycles. The molecule has 0 spiro atoms. The summed E-state index contributed by atoms with van der Waals surface area (Å²) < 4.78 is 8.33. The summed E-state index contributed by atoms with van der Waals surface area (Å²) in [6.45, 7) is 0. The smallest absolute Gasteiger partial charge is 4.00 e. The molecule has 0 amide bonds. The Morgan fingerprint density at radius 1 is 0.833 bits per heavy atom. The molecule has 0 saturated heterocycles. The molecule has 0 bridgehead atoms. The molecule has 0 N–H and O–H groups in total. The van der Waals surface area contributed by atoms with Crippen molar-refractivity contribution < 1.29 is 61.3 Å². The second-order valence-corrected chi connectivity index (χ2v) is 0. The summed E-state index contributed by atoms with van der Waals surface area (Å²) in [6, 6.07) is 0. The Morgan fingerprint density at radius 3 is 0.833 bits per heavy atom. The van der Waals surface area contributed by atoms with Crippen molar-refractivity contribution in [2.24, 2.45) is 0 Å². The minimum Gasteiger partial charge on any atom is 4.00 e. The van der Waals surface area contributed by atoms with E-state index in [4.69, 9.17) is 3.40 Å². The van der Waals surface area contributed by atoms with E-state index in [1.807, 2.05) is 0 Å². The molecule has 0 aromatic rings. The molecular formula is O4TiW. The van der Waals surface area contributed by atoms with E-state index in [1.54, 1.807) is 0 Å². The number of hydrogen-bond donors (Lipinski definition) is 0. The summed E-state index contributed by atoms with van der Waals surface area (Å²) in [5.41, 5.74) is 0. The van der Waals surface area contributed by atoms with E-state index in [9.17, 15) is 0 Å². The van der Waals surface area contributed by atoms with Gasteiger partial charge in [0.2, 0.25) is 0 Å². The van der Waals surface area contributed by atoms with Gasteiger partial charge in [-0.3, -0.25) is 0 Å². The van der Waals surface area contributed by atoms with Crippen molar-refractivity contribution in [3.8, 4) is 0 Å². The molecule has 0 rings (SSSR count). The summed E-state index contributed by atoms with van der Waals surface area (Å²) in [5, 5.41) is 0. The predicted molar refractivity (Wildman–Crippen MR) is 2.75 cm³/mol. The third kappa shape index (κ3) is 72.3. The maximum atomic E-state index is 8.33. The second-order valence-electron chi connectivity index (χ2n) is 0. The fourth-order valence-corrected chi connectivity index (χ4v) is 0. The topological polar surface area (TPSA) is 103 Å². The molecular weight excluding hydrogens is 296 g/mol. The zero-order chi connectivity index (χ0) is 2.00. The van der Waals surface area contributed by atoms with E-state index < -0.39 is 0 Å². The van der Waals surface area contributed by atoms with Gasteiger partial charge < -0.3 is 16.4 Å². The van der Waals surface area contributed by atoms with E-state index >= 15 is 0 Å². The van der Waals surface area contributed by atoms with Gasteiger partial charge in [-0.2, -0.15) is 0 Å². The maximum absolute atomic E-state index is 8.33. The van der Waals surface area contributed by atoms with Crippen LogP contribution in [0.5, 0.6) is 0 Å². The summed E-state index contributed by atoms with van der Waals surface area (Å²) in [7, 11) is 0. The van der Waals surface area contributed by atoms with Crippen molar-refractivity contribution in [2.75, 3.05) is 0 Å². The number of rotatable bonds is 0. The van der Waals surface area contributed by atoms with Crippen molar-refractivity contribution in [2.45, 2.75) is 0 Å². The van der Waals surface area contributed by atoms with Crippen molar-refractivity contribution in [1.29, 1.82) is 0 Å². The van der Waals surface area contributed by atoms with E-state index in [2.05, 4.69) is 0 Å². The zero-order valence-electron chi connectivity index (χ0n) is 2.54. The zero-order valence-corrected chi connectivity index (χ0v) is 7.04. The SMILES string of the molecule is [O-2].[O-2].[O-2].[O]=[W+2].[Ti+4]. The van der Waals surface area contributed by atoms with Crippen LogP contribution in [0.25, 0.3) is 0 Å². The first-order valence-corrected chi connectivity index (χ1v) is 1.36. The molecule has 34 valence electrons. The molecule has 4 nitrogen and oxygen atoms in total. The van der Waals surface area contributed by atoms with Gasteiger partial charge in [0, 0.05) is 0 Å². The minimum absolute atomic E-state index is 0. The van der Waals surface area contributed by atoms with E-state index in [0.29, 0.717) is 19.8 Å². The molecule has 0 aromatic carbocycles. The quantitative estimate of drug-likeness (QED) is 0.554. The van der Waals surface area contributed by atoms with E-state index in [0.717, 1.165) is 0 Å². The predicted octanol–water partition coefficient (Wildman–Crippen LogP) is -0.480. The fourth-order valence-electron chi connectivity index (χ4n) is 0. The summed E-state index contributed by atoms with van der Waals surface area (Å²) >= 11 is 0.333. The molecule has 0 saturated carbocycles. The van der Waals surface area contributed by atoms with Gasteiger partial charge in [0.1, 0.15) is 0 Å². The summed E-state index contributed by atoms with van der Waals surface area (Å²) in [5.74, 6) is 0. The van der Waals surface area contributed by atoms with Crippen LogP contribution in [0.15, 0.2) is 0 Å². The minimum atomic E-state index is 0. The van der Waals surface area contributed by atoms with Gasteiger partial charge in [0.25, 0.3) is 0 Å².